The largest absolute Gasteiger partial charge is 0.396 e. The van der Waals surface area contributed by atoms with Crippen LogP contribution in [0.3, 0.4) is 0 Å². The van der Waals surface area contributed by atoms with Crippen LogP contribution in [0.2, 0.25) is 0 Å². The molecule has 1 aliphatic heterocycles. The van der Waals surface area contributed by atoms with Gasteiger partial charge in [0.2, 0.25) is 5.91 Å². The van der Waals surface area contributed by atoms with E-state index in [9.17, 15) is 9.90 Å². The van der Waals surface area contributed by atoms with Gasteiger partial charge in [0, 0.05) is 18.5 Å². The molecule has 1 aliphatic carbocycles. The Morgan fingerprint density at radius 1 is 1.67 bits per heavy atom. The molecule has 0 aromatic rings. The summed E-state index contributed by atoms with van der Waals surface area (Å²) in [5, 5.41) is 12.4. The number of hydrogen-bond acceptors (Lipinski definition) is 3. The Kier molecular flexibility index (Phi) is 2.98. The Bertz CT molecular complexity index is 257. The number of likely N-dealkylation sites (tertiary alicyclic amines) is 1. The summed E-state index contributed by atoms with van der Waals surface area (Å²) in [7, 11) is 1.79. The van der Waals surface area contributed by atoms with E-state index in [1.807, 2.05) is 4.90 Å². The lowest BCUT2D eigenvalue weighted by molar-refractivity contribution is -0.129. The van der Waals surface area contributed by atoms with Crippen LogP contribution < -0.4 is 5.32 Å². The van der Waals surface area contributed by atoms with Gasteiger partial charge in [0.1, 0.15) is 0 Å². The van der Waals surface area contributed by atoms with Crippen LogP contribution in [0.5, 0.6) is 0 Å². The number of fused-ring (bicyclic) bond motifs is 1. The smallest absolute Gasteiger partial charge is 0.236 e. The first-order valence-corrected chi connectivity index (χ1v) is 5.75. The fourth-order valence-corrected chi connectivity index (χ4v) is 3.13. The summed E-state index contributed by atoms with van der Waals surface area (Å²) in [5.41, 5.74) is 0.0312. The molecule has 0 spiro atoms. The van der Waals surface area contributed by atoms with Gasteiger partial charge in [0.25, 0.3) is 0 Å². The highest BCUT2D eigenvalue weighted by atomic mass is 16.3. The monoisotopic (exact) mass is 212 g/mol. The Balaban J connectivity index is 2.01. The van der Waals surface area contributed by atoms with Crippen molar-refractivity contribution in [3.05, 3.63) is 0 Å². The van der Waals surface area contributed by atoms with Gasteiger partial charge < -0.3 is 15.3 Å². The van der Waals surface area contributed by atoms with Gasteiger partial charge in [-0.15, -0.1) is 0 Å². The number of nitrogens with one attached hydrogen (secondary N) is 1. The van der Waals surface area contributed by atoms with E-state index < -0.39 is 0 Å². The van der Waals surface area contributed by atoms with Crippen molar-refractivity contribution in [3.8, 4) is 0 Å². The molecule has 15 heavy (non-hydrogen) atoms. The highest BCUT2D eigenvalue weighted by molar-refractivity contribution is 5.78. The minimum Gasteiger partial charge on any atom is -0.396 e. The number of nitrogens with zero attached hydrogens (tertiary/aromatic N) is 1. The number of amides is 1. The number of hydrogen-bond donors (Lipinski definition) is 2. The molecule has 0 bridgehead atoms. The van der Waals surface area contributed by atoms with Crippen LogP contribution in [0, 0.1) is 11.3 Å². The SMILES string of the molecule is CNCC(=O)N1C[C@H]2CCC[C@@]2(CO)C1. The van der Waals surface area contributed by atoms with Gasteiger partial charge in [-0.25, -0.2) is 0 Å². The summed E-state index contributed by atoms with van der Waals surface area (Å²) in [6, 6.07) is 0. The van der Waals surface area contributed by atoms with Gasteiger partial charge >= 0.3 is 0 Å². The maximum atomic E-state index is 11.7. The van der Waals surface area contributed by atoms with E-state index in [1.165, 1.54) is 12.8 Å². The fraction of sp³-hybridized carbons (Fsp3) is 0.909. The maximum absolute atomic E-state index is 11.7. The molecule has 1 saturated heterocycles. The Hall–Kier alpha value is -0.610. The summed E-state index contributed by atoms with van der Waals surface area (Å²) >= 11 is 0. The van der Waals surface area contributed by atoms with Gasteiger partial charge in [0.15, 0.2) is 0 Å². The van der Waals surface area contributed by atoms with Crippen molar-refractivity contribution in [3.63, 3.8) is 0 Å². The highest BCUT2D eigenvalue weighted by Gasteiger charge is 2.49. The number of carbonyl (C=O) groups excluding carboxylic acids is 1. The lowest BCUT2D eigenvalue weighted by Crippen LogP contribution is -2.38. The molecule has 1 amide bonds. The molecule has 4 nitrogen and oxygen atoms in total. The zero-order chi connectivity index (χ0) is 10.9. The summed E-state index contributed by atoms with van der Waals surface area (Å²) in [4.78, 5) is 13.6. The van der Waals surface area contributed by atoms with Gasteiger partial charge in [-0.1, -0.05) is 6.42 Å². The van der Waals surface area contributed by atoms with Crippen LogP contribution in [-0.4, -0.2) is 49.2 Å². The van der Waals surface area contributed by atoms with Crippen molar-refractivity contribution in [1.82, 2.24) is 10.2 Å². The average Bonchev–Trinajstić information content (AvgIpc) is 2.73. The predicted molar refractivity (Wildman–Crippen MR) is 57.4 cm³/mol. The third-order valence-electron chi connectivity index (χ3n) is 4.04. The molecule has 2 fully saturated rings. The van der Waals surface area contributed by atoms with E-state index in [0.29, 0.717) is 12.5 Å². The summed E-state index contributed by atoms with van der Waals surface area (Å²) < 4.78 is 0. The van der Waals surface area contributed by atoms with Crippen molar-refractivity contribution in [1.29, 1.82) is 0 Å². The number of aliphatic hydroxyl groups excluding tert-OH is 1. The number of rotatable bonds is 3. The zero-order valence-electron chi connectivity index (χ0n) is 9.33. The lowest BCUT2D eigenvalue weighted by Gasteiger charge is -2.25. The molecule has 2 atom stereocenters. The first-order chi connectivity index (χ1) is 7.22. The molecule has 2 N–H and O–H groups in total. The Labute approximate surface area is 90.6 Å². The summed E-state index contributed by atoms with van der Waals surface area (Å²) in [6.07, 6.45) is 3.46. The molecular formula is C11H20N2O2. The topological polar surface area (TPSA) is 52.6 Å². The Morgan fingerprint density at radius 3 is 3.07 bits per heavy atom. The quantitative estimate of drug-likeness (QED) is 0.683. The van der Waals surface area contributed by atoms with Gasteiger partial charge in [0.05, 0.1) is 13.2 Å². The molecule has 2 aliphatic rings. The standard InChI is InChI=1S/C11H20N2O2/c1-12-5-10(15)13-6-9-3-2-4-11(9,7-13)8-14/h9,12,14H,2-8H2,1H3/t9-,11+/m1/s1. The third kappa shape index (κ3) is 1.76. The second-order valence-corrected chi connectivity index (χ2v) is 4.91. The van der Waals surface area contributed by atoms with E-state index in [1.54, 1.807) is 7.05 Å². The van der Waals surface area contributed by atoms with Crippen molar-refractivity contribution in [2.24, 2.45) is 11.3 Å². The molecule has 0 aromatic carbocycles. The molecule has 1 saturated carbocycles. The highest BCUT2D eigenvalue weighted by Crippen LogP contribution is 2.48. The molecule has 0 aromatic heterocycles. The molecule has 1 heterocycles. The minimum atomic E-state index is 0.0312. The number of carbonyl (C=O) groups is 1. The first-order valence-electron chi connectivity index (χ1n) is 5.75. The fourth-order valence-electron chi connectivity index (χ4n) is 3.13. The number of likely N-dealkylation sites (N-methyl/N-ethyl adjacent to an activating group) is 1. The predicted octanol–water partition coefficient (Wildman–Crippen LogP) is -0.173. The Morgan fingerprint density at radius 2 is 2.47 bits per heavy atom. The van der Waals surface area contributed by atoms with Crippen LogP contribution in [0.4, 0.5) is 0 Å². The first kappa shape index (κ1) is 10.9. The van der Waals surface area contributed by atoms with Gasteiger partial charge in [-0.05, 0) is 25.8 Å². The van der Waals surface area contributed by atoms with Crippen LogP contribution in [0.1, 0.15) is 19.3 Å². The van der Waals surface area contributed by atoms with E-state index in [2.05, 4.69) is 5.32 Å². The maximum Gasteiger partial charge on any atom is 0.236 e. The minimum absolute atomic E-state index is 0.0312. The second kappa shape index (κ2) is 4.10. The van der Waals surface area contributed by atoms with E-state index >= 15 is 0 Å². The van der Waals surface area contributed by atoms with Crippen LogP contribution in [0.25, 0.3) is 0 Å². The van der Waals surface area contributed by atoms with Crippen LogP contribution in [-0.2, 0) is 4.79 Å². The molecule has 0 radical (unpaired) electrons. The molecular weight excluding hydrogens is 192 g/mol. The van der Waals surface area contributed by atoms with E-state index in [4.69, 9.17) is 0 Å². The molecule has 86 valence electrons. The van der Waals surface area contributed by atoms with Gasteiger partial charge in [-0.2, -0.15) is 0 Å². The third-order valence-corrected chi connectivity index (χ3v) is 4.04. The normalized spacial score (nSPS) is 34.5. The van der Waals surface area contributed by atoms with Crippen molar-refractivity contribution >= 4 is 5.91 Å². The number of aliphatic hydroxyl groups is 1. The van der Waals surface area contributed by atoms with Crippen LogP contribution in [0.15, 0.2) is 0 Å². The van der Waals surface area contributed by atoms with Crippen molar-refractivity contribution < 1.29 is 9.90 Å². The lowest BCUT2D eigenvalue weighted by atomic mass is 9.82. The molecule has 4 heteroatoms. The second-order valence-electron chi connectivity index (χ2n) is 4.91. The average molecular weight is 212 g/mol. The van der Waals surface area contributed by atoms with E-state index in [-0.39, 0.29) is 17.9 Å². The van der Waals surface area contributed by atoms with E-state index in [0.717, 1.165) is 19.5 Å². The summed E-state index contributed by atoms with van der Waals surface area (Å²) in [5.74, 6) is 0.697. The molecule has 2 rings (SSSR count). The summed E-state index contributed by atoms with van der Waals surface area (Å²) in [6.45, 7) is 2.25. The molecule has 0 unspecified atom stereocenters. The van der Waals surface area contributed by atoms with Crippen LogP contribution >= 0.6 is 0 Å². The van der Waals surface area contributed by atoms with Gasteiger partial charge in [-0.3, -0.25) is 4.79 Å². The zero-order valence-corrected chi connectivity index (χ0v) is 9.33. The van der Waals surface area contributed by atoms with Crippen molar-refractivity contribution in [2.45, 2.75) is 19.3 Å². The van der Waals surface area contributed by atoms with Crippen molar-refractivity contribution in [2.75, 3.05) is 33.3 Å².